The Balaban J connectivity index is 1.21. The molecule has 7 rings (SSSR count). The van der Waals surface area contributed by atoms with Gasteiger partial charge in [0.2, 0.25) is 5.95 Å². The van der Waals surface area contributed by atoms with Crippen molar-refractivity contribution in [2.45, 2.75) is 12.8 Å². The van der Waals surface area contributed by atoms with Crippen LogP contribution in [-0.2, 0) is 0 Å². The minimum absolute atomic E-state index is 0.0323. The van der Waals surface area contributed by atoms with Crippen LogP contribution in [0.15, 0.2) is 30.0 Å². The van der Waals surface area contributed by atoms with E-state index in [1.165, 1.54) is 25.1 Å². The average Bonchev–Trinajstić information content (AvgIpc) is 3.26. The van der Waals surface area contributed by atoms with Gasteiger partial charge in [-0.15, -0.1) is 0 Å². The maximum Gasteiger partial charge on any atom is 0.256 e. The fourth-order valence-corrected chi connectivity index (χ4v) is 7.57. The molecule has 1 aromatic heterocycles. The van der Waals surface area contributed by atoms with Gasteiger partial charge in [-0.2, -0.15) is 4.39 Å². The van der Waals surface area contributed by atoms with E-state index in [4.69, 9.17) is 0 Å². The molecule has 1 heterocycles. The van der Waals surface area contributed by atoms with Crippen LogP contribution in [0.1, 0.15) is 23.2 Å². The molecule has 3 nitrogen and oxygen atoms in total. The Morgan fingerprint density at radius 3 is 2.57 bits per heavy atom. The molecule has 4 heteroatoms. The number of amides is 1. The zero-order valence-corrected chi connectivity index (χ0v) is 12.8. The van der Waals surface area contributed by atoms with Crippen molar-refractivity contribution in [1.82, 2.24) is 10.3 Å². The van der Waals surface area contributed by atoms with Crippen molar-refractivity contribution in [3.63, 3.8) is 0 Å². The molecule has 0 saturated heterocycles. The van der Waals surface area contributed by atoms with Crippen LogP contribution in [0.5, 0.6) is 0 Å². The molecule has 0 aromatic carbocycles. The molecular formula is C19H19FN2O. The molecule has 6 aliphatic carbocycles. The Morgan fingerprint density at radius 2 is 1.91 bits per heavy atom. The molecule has 1 N–H and O–H groups in total. The summed E-state index contributed by atoms with van der Waals surface area (Å²) in [6.45, 7) is 0.518. The molecule has 6 aliphatic rings. The van der Waals surface area contributed by atoms with Gasteiger partial charge in [-0.05, 0) is 72.3 Å². The number of halogens is 1. The second-order valence-electron chi connectivity index (χ2n) is 8.09. The third kappa shape index (κ3) is 1.34. The maximum atomic E-state index is 13.5. The van der Waals surface area contributed by atoms with Gasteiger partial charge >= 0.3 is 0 Å². The van der Waals surface area contributed by atoms with Gasteiger partial charge in [0.25, 0.3) is 5.91 Å². The number of nitrogens with zero attached hydrogens (tertiary/aromatic N) is 1. The van der Waals surface area contributed by atoms with E-state index in [0.29, 0.717) is 6.54 Å². The standard InChI is InChI=1S/C19H19FN2O/c20-18-9(2-1-4-21-18)19(23)22-5-3-8-14-12-6-10-11-7-13(16(10)14)15(8)17(11)12/h1-4,10-17H,5-7H2,(H,22,23). The molecule has 6 saturated carbocycles. The van der Waals surface area contributed by atoms with Gasteiger partial charge in [-0.3, -0.25) is 4.79 Å². The molecule has 23 heavy (non-hydrogen) atoms. The highest BCUT2D eigenvalue weighted by Crippen LogP contribution is 2.84. The lowest BCUT2D eigenvalue weighted by atomic mass is 9.71. The van der Waals surface area contributed by atoms with Crippen molar-refractivity contribution in [2.24, 2.45) is 47.3 Å². The number of hydrogen-bond acceptors (Lipinski definition) is 2. The lowest BCUT2D eigenvalue weighted by molar-refractivity contribution is 0.0953. The first-order valence-electron chi connectivity index (χ1n) is 8.84. The van der Waals surface area contributed by atoms with Gasteiger partial charge in [-0.25, -0.2) is 4.98 Å². The quantitative estimate of drug-likeness (QED) is 0.689. The average molecular weight is 310 g/mol. The van der Waals surface area contributed by atoms with Gasteiger partial charge < -0.3 is 5.32 Å². The van der Waals surface area contributed by atoms with Crippen LogP contribution >= 0.6 is 0 Å². The van der Waals surface area contributed by atoms with E-state index in [-0.39, 0.29) is 11.5 Å². The van der Waals surface area contributed by atoms with E-state index in [1.54, 1.807) is 11.6 Å². The van der Waals surface area contributed by atoms with E-state index >= 15 is 0 Å². The summed E-state index contributed by atoms with van der Waals surface area (Å²) in [5, 5.41) is 2.85. The van der Waals surface area contributed by atoms with Crippen molar-refractivity contribution in [3.05, 3.63) is 41.5 Å². The van der Waals surface area contributed by atoms with Crippen LogP contribution in [0.25, 0.3) is 0 Å². The molecule has 0 radical (unpaired) electrons. The van der Waals surface area contributed by atoms with E-state index in [9.17, 15) is 9.18 Å². The normalized spacial score (nSPS) is 46.4. The highest BCUT2D eigenvalue weighted by Gasteiger charge is 2.78. The van der Waals surface area contributed by atoms with Gasteiger partial charge in [0, 0.05) is 12.7 Å². The smallest absolute Gasteiger partial charge is 0.256 e. The zero-order chi connectivity index (χ0) is 15.3. The second kappa shape index (κ2) is 4.03. The lowest BCUT2D eigenvalue weighted by Gasteiger charge is -2.33. The summed E-state index contributed by atoms with van der Waals surface area (Å²) in [6.07, 6.45) is 6.57. The Morgan fingerprint density at radius 1 is 1.22 bits per heavy atom. The zero-order valence-electron chi connectivity index (χ0n) is 12.8. The van der Waals surface area contributed by atoms with Crippen LogP contribution < -0.4 is 5.32 Å². The van der Waals surface area contributed by atoms with Crippen molar-refractivity contribution in [2.75, 3.05) is 6.54 Å². The van der Waals surface area contributed by atoms with Crippen LogP contribution in [0.3, 0.4) is 0 Å². The van der Waals surface area contributed by atoms with Crippen LogP contribution in [0.2, 0.25) is 0 Å². The number of nitrogens with one attached hydrogen (secondary N) is 1. The molecule has 0 aliphatic heterocycles. The van der Waals surface area contributed by atoms with Crippen molar-refractivity contribution in [3.8, 4) is 0 Å². The third-order valence-electron chi connectivity index (χ3n) is 7.74. The highest BCUT2D eigenvalue weighted by atomic mass is 19.1. The first-order chi connectivity index (χ1) is 11.3. The summed E-state index contributed by atoms with van der Waals surface area (Å²) in [5.74, 6) is 6.50. The summed E-state index contributed by atoms with van der Waals surface area (Å²) < 4.78 is 13.5. The number of hydrogen-bond donors (Lipinski definition) is 1. The van der Waals surface area contributed by atoms with Gasteiger partial charge in [0.15, 0.2) is 0 Å². The molecular weight excluding hydrogens is 291 g/mol. The topological polar surface area (TPSA) is 42.0 Å². The predicted molar refractivity (Wildman–Crippen MR) is 81.8 cm³/mol. The van der Waals surface area contributed by atoms with Gasteiger partial charge in [0.05, 0.1) is 5.56 Å². The Hall–Kier alpha value is -1.71. The molecule has 8 unspecified atom stereocenters. The molecule has 118 valence electrons. The number of pyridine rings is 1. The lowest BCUT2D eigenvalue weighted by Crippen LogP contribution is -2.30. The molecule has 6 bridgehead atoms. The van der Waals surface area contributed by atoms with E-state index in [0.717, 1.165) is 47.3 Å². The number of allylic oxidation sites excluding steroid dienone is 1. The largest absolute Gasteiger partial charge is 0.348 e. The highest BCUT2D eigenvalue weighted by molar-refractivity contribution is 5.94. The Bertz CT molecular complexity index is 729. The summed E-state index contributed by atoms with van der Waals surface area (Å²) in [4.78, 5) is 15.6. The summed E-state index contributed by atoms with van der Waals surface area (Å²) >= 11 is 0. The minimum atomic E-state index is -0.696. The maximum absolute atomic E-state index is 13.5. The molecule has 6 fully saturated rings. The summed E-state index contributed by atoms with van der Waals surface area (Å²) in [6, 6.07) is 3.07. The second-order valence-corrected chi connectivity index (χ2v) is 8.09. The third-order valence-corrected chi connectivity index (χ3v) is 7.74. The fourth-order valence-electron chi connectivity index (χ4n) is 7.57. The first-order valence-corrected chi connectivity index (χ1v) is 8.84. The van der Waals surface area contributed by atoms with Crippen molar-refractivity contribution in [1.29, 1.82) is 0 Å². The minimum Gasteiger partial charge on any atom is -0.348 e. The number of rotatable bonds is 3. The predicted octanol–water partition coefficient (Wildman–Crippen LogP) is 2.65. The SMILES string of the molecule is O=C(NCC=C1C2C3CC4C5CC(C1C53)C42)c1cccnc1F. The van der Waals surface area contributed by atoms with Crippen LogP contribution in [0.4, 0.5) is 4.39 Å². The van der Waals surface area contributed by atoms with E-state index in [2.05, 4.69) is 16.4 Å². The van der Waals surface area contributed by atoms with Gasteiger partial charge in [0.1, 0.15) is 0 Å². The van der Waals surface area contributed by atoms with Crippen molar-refractivity contribution >= 4 is 5.91 Å². The van der Waals surface area contributed by atoms with Crippen LogP contribution in [0, 0.1) is 53.3 Å². The van der Waals surface area contributed by atoms with Gasteiger partial charge in [-0.1, -0.05) is 11.6 Å². The van der Waals surface area contributed by atoms with Crippen molar-refractivity contribution < 1.29 is 9.18 Å². The Labute approximate surface area is 134 Å². The monoisotopic (exact) mass is 310 g/mol. The summed E-state index contributed by atoms with van der Waals surface area (Å²) in [7, 11) is 0. The first kappa shape index (κ1) is 12.7. The molecule has 8 atom stereocenters. The summed E-state index contributed by atoms with van der Waals surface area (Å²) in [5.41, 5.74) is 1.68. The Kier molecular flexibility index (Phi) is 2.22. The number of aromatic nitrogens is 1. The molecule has 0 spiro atoms. The van der Waals surface area contributed by atoms with E-state index < -0.39 is 5.95 Å². The molecule has 1 aromatic rings. The number of carbonyl (C=O) groups is 1. The van der Waals surface area contributed by atoms with Crippen LogP contribution in [-0.4, -0.2) is 17.4 Å². The molecule has 1 amide bonds. The number of carbonyl (C=O) groups excluding carboxylic acids is 1. The van der Waals surface area contributed by atoms with E-state index in [1.807, 2.05) is 0 Å². The fraction of sp³-hybridized carbons (Fsp3) is 0.579.